The van der Waals surface area contributed by atoms with E-state index in [9.17, 15) is 4.79 Å². The Labute approximate surface area is 166 Å². The van der Waals surface area contributed by atoms with Crippen molar-refractivity contribution in [1.29, 1.82) is 0 Å². The Kier molecular flexibility index (Phi) is 4.42. The van der Waals surface area contributed by atoms with E-state index in [-0.39, 0.29) is 5.92 Å². The average Bonchev–Trinajstić information content (AvgIpc) is 3.41. The lowest BCUT2D eigenvalue weighted by Crippen LogP contribution is -2.34. The Morgan fingerprint density at radius 2 is 1.89 bits per heavy atom. The van der Waals surface area contributed by atoms with Crippen molar-refractivity contribution in [2.24, 2.45) is 0 Å². The number of fused-ring (bicyclic) bond motifs is 1. The van der Waals surface area contributed by atoms with Gasteiger partial charge in [0.2, 0.25) is 5.91 Å². The van der Waals surface area contributed by atoms with Crippen LogP contribution in [0, 0.1) is 6.92 Å². The van der Waals surface area contributed by atoms with Gasteiger partial charge in [-0.15, -0.1) is 0 Å². The van der Waals surface area contributed by atoms with E-state index in [2.05, 4.69) is 58.9 Å². The Balaban J connectivity index is 1.51. The van der Waals surface area contributed by atoms with Crippen LogP contribution in [0.1, 0.15) is 55.0 Å². The van der Waals surface area contributed by atoms with Gasteiger partial charge in [-0.2, -0.15) is 0 Å². The zero-order valence-electron chi connectivity index (χ0n) is 16.5. The number of nitrogens with zero attached hydrogens (tertiary/aromatic N) is 3. The van der Waals surface area contributed by atoms with Crippen molar-refractivity contribution in [2.75, 3.05) is 6.54 Å². The summed E-state index contributed by atoms with van der Waals surface area (Å²) in [6.45, 7) is 3.75. The first kappa shape index (κ1) is 17.5. The van der Waals surface area contributed by atoms with Gasteiger partial charge in [0.1, 0.15) is 5.82 Å². The number of amides is 1. The molecule has 4 nitrogen and oxygen atoms in total. The van der Waals surface area contributed by atoms with Crippen LogP contribution in [0.3, 0.4) is 0 Å². The average molecular weight is 374 g/mol. The molecule has 0 spiro atoms. The van der Waals surface area contributed by atoms with Crippen molar-refractivity contribution in [2.45, 2.75) is 57.5 Å². The molecular formula is C24H27N3O. The zero-order valence-corrected chi connectivity index (χ0v) is 16.5. The van der Waals surface area contributed by atoms with Crippen LogP contribution < -0.4 is 0 Å². The number of hydrogen-bond acceptors (Lipinski definition) is 2. The van der Waals surface area contributed by atoms with E-state index in [0.717, 1.165) is 42.8 Å². The summed E-state index contributed by atoms with van der Waals surface area (Å²) in [6.07, 6.45) is 5.43. The zero-order chi connectivity index (χ0) is 19.1. The van der Waals surface area contributed by atoms with Crippen molar-refractivity contribution in [1.82, 2.24) is 14.5 Å². The number of para-hydroxylation sites is 2. The number of aromatic nitrogens is 2. The van der Waals surface area contributed by atoms with E-state index in [1.165, 1.54) is 24.0 Å². The fourth-order valence-corrected chi connectivity index (χ4v) is 5.04. The van der Waals surface area contributed by atoms with E-state index in [4.69, 9.17) is 4.98 Å². The quantitative estimate of drug-likeness (QED) is 0.667. The van der Waals surface area contributed by atoms with Gasteiger partial charge in [-0.3, -0.25) is 4.79 Å². The highest BCUT2D eigenvalue weighted by Crippen LogP contribution is 2.35. The van der Waals surface area contributed by atoms with Gasteiger partial charge in [0.05, 0.1) is 11.0 Å². The number of likely N-dealkylation sites (tertiary alicyclic amines) is 1. The minimum absolute atomic E-state index is 0.185. The van der Waals surface area contributed by atoms with Crippen molar-refractivity contribution in [3.63, 3.8) is 0 Å². The third kappa shape index (κ3) is 3.11. The molecule has 0 N–H and O–H groups in total. The van der Waals surface area contributed by atoms with Crippen LogP contribution in [-0.2, 0) is 11.3 Å². The van der Waals surface area contributed by atoms with Crippen molar-refractivity contribution in [3.05, 3.63) is 65.5 Å². The predicted molar refractivity (Wildman–Crippen MR) is 111 cm³/mol. The molecule has 1 saturated carbocycles. The van der Waals surface area contributed by atoms with Gasteiger partial charge < -0.3 is 9.47 Å². The molecule has 0 bridgehead atoms. The van der Waals surface area contributed by atoms with Crippen LogP contribution in [0.2, 0.25) is 0 Å². The molecule has 5 rings (SSSR count). The molecule has 1 saturated heterocycles. The minimum atomic E-state index is 0.185. The number of carbonyl (C=O) groups is 1. The second-order valence-electron chi connectivity index (χ2n) is 8.42. The molecule has 1 aliphatic carbocycles. The number of aryl methyl sites for hydroxylation is 1. The highest BCUT2D eigenvalue weighted by Gasteiger charge is 2.38. The second-order valence-corrected chi connectivity index (χ2v) is 8.42. The SMILES string of the molecule is Cc1cccc(Cn2c(C3CC(=O)N(C4CCCC4)C3)nc3ccccc32)c1. The summed E-state index contributed by atoms with van der Waals surface area (Å²) >= 11 is 0. The molecule has 2 fully saturated rings. The Hall–Kier alpha value is -2.62. The molecule has 2 heterocycles. The van der Waals surface area contributed by atoms with E-state index in [1.54, 1.807) is 0 Å². The fraction of sp³-hybridized carbons (Fsp3) is 0.417. The maximum atomic E-state index is 12.8. The number of imidazole rings is 1. The smallest absolute Gasteiger partial charge is 0.223 e. The van der Waals surface area contributed by atoms with E-state index >= 15 is 0 Å². The molecule has 3 aromatic rings. The normalized spacial score (nSPS) is 20.5. The van der Waals surface area contributed by atoms with Gasteiger partial charge in [-0.25, -0.2) is 4.98 Å². The maximum absolute atomic E-state index is 12.8. The first-order valence-electron chi connectivity index (χ1n) is 10.5. The molecule has 1 aliphatic heterocycles. The van der Waals surface area contributed by atoms with Gasteiger partial charge in [0.25, 0.3) is 0 Å². The molecule has 2 aliphatic rings. The van der Waals surface area contributed by atoms with Gasteiger partial charge >= 0.3 is 0 Å². The monoisotopic (exact) mass is 373 g/mol. The minimum Gasteiger partial charge on any atom is -0.339 e. The van der Waals surface area contributed by atoms with E-state index < -0.39 is 0 Å². The van der Waals surface area contributed by atoms with E-state index in [0.29, 0.717) is 18.4 Å². The predicted octanol–water partition coefficient (Wildman–Crippen LogP) is 4.65. The second kappa shape index (κ2) is 7.08. The lowest BCUT2D eigenvalue weighted by Gasteiger charge is -2.24. The Bertz CT molecular complexity index is 1020. The van der Waals surface area contributed by atoms with Crippen molar-refractivity contribution < 1.29 is 4.79 Å². The van der Waals surface area contributed by atoms with Crippen LogP contribution in [0.25, 0.3) is 11.0 Å². The van der Waals surface area contributed by atoms with Gasteiger partial charge in [0.15, 0.2) is 0 Å². The highest BCUT2D eigenvalue weighted by molar-refractivity contribution is 5.81. The van der Waals surface area contributed by atoms with Crippen LogP contribution >= 0.6 is 0 Å². The molecule has 1 atom stereocenters. The summed E-state index contributed by atoms with van der Waals surface area (Å²) in [5.41, 5.74) is 4.73. The van der Waals surface area contributed by atoms with Crippen LogP contribution in [0.5, 0.6) is 0 Å². The first-order valence-corrected chi connectivity index (χ1v) is 10.5. The molecule has 1 amide bonds. The molecular weight excluding hydrogens is 346 g/mol. The lowest BCUT2D eigenvalue weighted by molar-refractivity contribution is -0.129. The summed E-state index contributed by atoms with van der Waals surface area (Å²) in [6, 6.07) is 17.5. The topological polar surface area (TPSA) is 38.1 Å². The first-order chi connectivity index (χ1) is 13.7. The molecule has 1 unspecified atom stereocenters. The molecule has 2 aromatic carbocycles. The molecule has 144 valence electrons. The molecule has 0 radical (unpaired) electrons. The number of hydrogen-bond donors (Lipinski definition) is 0. The highest BCUT2D eigenvalue weighted by atomic mass is 16.2. The number of benzene rings is 2. The summed E-state index contributed by atoms with van der Waals surface area (Å²) in [5, 5.41) is 0. The largest absolute Gasteiger partial charge is 0.339 e. The molecule has 1 aromatic heterocycles. The van der Waals surface area contributed by atoms with Crippen molar-refractivity contribution >= 4 is 16.9 Å². The third-order valence-electron chi connectivity index (χ3n) is 6.40. The van der Waals surface area contributed by atoms with Crippen LogP contribution in [0.15, 0.2) is 48.5 Å². The summed E-state index contributed by atoms with van der Waals surface area (Å²) in [7, 11) is 0. The maximum Gasteiger partial charge on any atom is 0.223 e. The molecule has 28 heavy (non-hydrogen) atoms. The Morgan fingerprint density at radius 3 is 2.71 bits per heavy atom. The summed E-state index contributed by atoms with van der Waals surface area (Å²) in [4.78, 5) is 19.9. The number of carbonyl (C=O) groups excluding carboxylic acids is 1. The third-order valence-corrected chi connectivity index (χ3v) is 6.40. The van der Waals surface area contributed by atoms with Crippen molar-refractivity contribution in [3.8, 4) is 0 Å². The van der Waals surface area contributed by atoms with Gasteiger partial charge in [0, 0.05) is 31.5 Å². The lowest BCUT2D eigenvalue weighted by atomic mass is 10.1. The van der Waals surface area contributed by atoms with E-state index in [1.807, 2.05) is 6.07 Å². The summed E-state index contributed by atoms with van der Waals surface area (Å²) in [5.74, 6) is 1.56. The Morgan fingerprint density at radius 1 is 1.07 bits per heavy atom. The van der Waals surface area contributed by atoms with Crippen LogP contribution in [0.4, 0.5) is 0 Å². The fourth-order valence-electron chi connectivity index (χ4n) is 5.04. The summed E-state index contributed by atoms with van der Waals surface area (Å²) < 4.78 is 2.33. The number of rotatable bonds is 4. The van der Waals surface area contributed by atoms with Crippen LogP contribution in [-0.4, -0.2) is 32.9 Å². The standard InChI is InChI=1S/C24H27N3O/c1-17-7-6-8-18(13-17)15-27-22-12-5-4-11-21(22)25-24(27)19-14-23(28)26(16-19)20-9-2-3-10-20/h4-8,11-13,19-20H,2-3,9-10,14-16H2,1H3. The van der Waals surface area contributed by atoms with Gasteiger partial charge in [-0.05, 0) is 37.5 Å². The molecule has 4 heteroatoms. The van der Waals surface area contributed by atoms with Gasteiger partial charge in [-0.1, -0.05) is 54.8 Å².